The summed E-state index contributed by atoms with van der Waals surface area (Å²) in [5.41, 5.74) is 2.26. The highest BCUT2D eigenvalue weighted by atomic mass is 16.2. The molecule has 98 valence electrons. The second-order valence-corrected chi connectivity index (χ2v) is 5.50. The fourth-order valence-electron chi connectivity index (χ4n) is 1.77. The predicted molar refractivity (Wildman–Crippen MR) is 72.6 cm³/mol. The monoisotopic (exact) mass is 247 g/mol. The van der Waals surface area contributed by atoms with Gasteiger partial charge in [-0.25, -0.2) is 0 Å². The maximum Gasteiger partial charge on any atom is 0.284 e. The Balaban J connectivity index is 2.77. The Morgan fingerprint density at radius 3 is 2.28 bits per heavy atom. The summed E-state index contributed by atoms with van der Waals surface area (Å²) in [6.07, 6.45) is 0.304. The molecule has 0 aliphatic carbocycles. The zero-order valence-electron chi connectivity index (χ0n) is 11.5. The van der Waals surface area contributed by atoms with E-state index >= 15 is 0 Å². The molecule has 1 rings (SSSR count). The zero-order chi connectivity index (χ0) is 13.8. The van der Waals surface area contributed by atoms with Crippen LogP contribution in [0.4, 0.5) is 0 Å². The van der Waals surface area contributed by atoms with Gasteiger partial charge in [0.05, 0.1) is 0 Å². The summed E-state index contributed by atoms with van der Waals surface area (Å²) in [6.45, 7) is 8.85. The highest BCUT2D eigenvalue weighted by Gasteiger charge is 2.21. The van der Waals surface area contributed by atoms with Crippen molar-refractivity contribution in [1.82, 2.24) is 5.32 Å². The first-order valence-electron chi connectivity index (χ1n) is 6.20. The van der Waals surface area contributed by atoms with Gasteiger partial charge in [-0.05, 0) is 17.0 Å². The Labute approximate surface area is 109 Å². The van der Waals surface area contributed by atoms with Crippen LogP contribution in [-0.4, -0.2) is 18.7 Å². The molecule has 18 heavy (non-hydrogen) atoms. The third kappa shape index (κ3) is 3.69. The molecule has 3 heteroatoms. The quantitative estimate of drug-likeness (QED) is 0.641. The van der Waals surface area contributed by atoms with Gasteiger partial charge < -0.3 is 5.32 Å². The third-order valence-electron chi connectivity index (χ3n) is 3.17. The van der Waals surface area contributed by atoms with Crippen LogP contribution in [0.15, 0.2) is 24.3 Å². The number of carbonyl (C=O) groups is 2. The van der Waals surface area contributed by atoms with E-state index in [0.717, 1.165) is 5.56 Å². The van der Waals surface area contributed by atoms with E-state index in [1.165, 1.54) is 5.56 Å². The van der Waals surface area contributed by atoms with Crippen molar-refractivity contribution in [2.24, 2.45) is 0 Å². The van der Waals surface area contributed by atoms with Crippen LogP contribution in [0.5, 0.6) is 0 Å². The predicted octanol–water partition coefficient (Wildman–Crippen LogP) is 2.40. The number of benzene rings is 1. The Bertz CT molecular complexity index is 419. The van der Waals surface area contributed by atoms with E-state index < -0.39 is 5.91 Å². The molecule has 1 aromatic carbocycles. The van der Waals surface area contributed by atoms with Crippen LogP contribution in [-0.2, 0) is 15.0 Å². The Morgan fingerprint density at radius 1 is 1.28 bits per heavy atom. The van der Waals surface area contributed by atoms with Crippen LogP contribution >= 0.6 is 0 Å². The second kappa shape index (κ2) is 5.80. The van der Waals surface area contributed by atoms with Crippen LogP contribution in [0.1, 0.15) is 44.7 Å². The highest BCUT2D eigenvalue weighted by molar-refractivity contribution is 6.23. The normalized spacial score (nSPS) is 11.4. The van der Waals surface area contributed by atoms with Gasteiger partial charge in [0.15, 0.2) is 0 Å². The van der Waals surface area contributed by atoms with Crippen molar-refractivity contribution in [3.8, 4) is 0 Å². The molecule has 1 amide bonds. The molecule has 0 saturated carbocycles. The van der Waals surface area contributed by atoms with Gasteiger partial charge in [-0.1, -0.05) is 52.0 Å². The molecular formula is C15H21NO2. The van der Waals surface area contributed by atoms with Crippen LogP contribution in [0.3, 0.4) is 0 Å². The summed E-state index contributed by atoms with van der Waals surface area (Å²) >= 11 is 0. The molecular weight excluding hydrogens is 226 g/mol. The van der Waals surface area contributed by atoms with Crippen molar-refractivity contribution in [2.45, 2.75) is 39.0 Å². The van der Waals surface area contributed by atoms with Gasteiger partial charge in [0.1, 0.15) is 0 Å². The SMILES string of the molecule is CC(C)c1ccc(C(C)(C)CNC(=O)C=O)cc1. The molecule has 3 nitrogen and oxygen atoms in total. The lowest BCUT2D eigenvalue weighted by Crippen LogP contribution is -2.37. The standard InChI is InChI=1S/C15H21NO2/c1-11(2)12-5-7-13(8-6-12)15(3,4)10-16-14(18)9-17/h5-9,11H,10H2,1-4H3,(H,16,18). The van der Waals surface area contributed by atoms with E-state index in [0.29, 0.717) is 18.7 Å². The zero-order valence-corrected chi connectivity index (χ0v) is 11.5. The Morgan fingerprint density at radius 2 is 1.83 bits per heavy atom. The van der Waals surface area contributed by atoms with E-state index in [4.69, 9.17) is 0 Å². The first-order valence-corrected chi connectivity index (χ1v) is 6.20. The Kier molecular flexibility index (Phi) is 4.65. The first kappa shape index (κ1) is 14.4. The average molecular weight is 247 g/mol. The number of nitrogens with one attached hydrogen (secondary N) is 1. The molecule has 1 N–H and O–H groups in total. The lowest BCUT2D eigenvalue weighted by atomic mass is 9.83. The summed E-state index contributed by atoms with van der Waals surface area (Å²) in [7, 11) is 0. The number of carbonyl (C=O) groups excluding carboxylic acids is 2. The summed E-state index contributed by atoms with van der Waals surface area (Å²) in [6, 6.07) is 8.40. The number of amides is 1. The minimum absolute atomic E-state index is 0.186. The highest BCUT2D eigenvalue weighted by Crippen LogP contribution is 2.24. The molecule has 0 saturated heterocycles. The van der Waals surface area contributed by atoms with Crippen LogP contribution in [0.2, 0.25) is 0 Å². The molecule has 0 heterocycles. The van der Waals surface area contributed by atoms with Gasteiger partial charge in [0.2, 0.25) is 6.29 Å². The molecule has 0 unspecified atom stereocenters. The van der Waals surface area contributed by atoms with Crippen molar-refractivity contribution in [2.75, 3.05) is 6.54 Å². The lowest BCUT2D eigenvalue weighted by Gasteiger charge is -2.25. The van der Waals surface area contributed by atoms with Crippen molar-refractivity contribution in [3.63, 3.8) is 0 Å². The fourth-order valence-corrected chi connectivity index (χ4v) is 1.77. The summed E-state index contributed by atoms with van der Waals surface area (Å²) in [5.74, 6) is -0.0567. The van der Waals surface area contributed by atoms with E-state index in [-0.39, 0.29) is 5.41 Å². The summed E-state index contributed by atoms with van der Waals surface area (Å²) < 4.78 is 0. The van der Waals surface area contributed by atoms with Crippen LogP contribution < -0.4 is 5.32 Å². The van der Waals surface area contributed by atoms with Crippen molar-refractivity contribution in [1.29, 1.82) is 0 Å². The first-order chi connectivity index (χ1) is 8.36. The molecule has 0 fully saturated rings. The van der Waals surface area contributed by atoms with Gasteiger partial charge in [-0.3, -0.25) is 9.59 Å². The number of rotatable bonds is 5. The van der Waals surface area contributed by atoms with Gasteiger partial charge in [0.25, 0.3) is 5.91 Å². The number of hydrogen-bond donors (Lipinski definition) is 1. The molecule has 0 aliphatic rings. The summed E-state index contributed by atoms with van der Waals surface area (Å²) in [4.78, 5) is 21.2. The molecule has 0 aromatic heterocycles. The Hall–Kier alpha value is -1.64. The van der Waals surface area contributed by atoms with Crippen LogP contribution in [0.25, 0.3) is 0 Å². The number of hydrogen-bond acceptors (Lipinski definition) is 2. The molecule has 0 atom stereocenters. The fraction of sp³-hybridized carbons (Fsp3) is 0.467. The van der Waals surface area contributed by atoms with Gasteiger partial charge in [-0.15, -0.1) is 0 Å². The smallest absolute Gasteiger partial charge is 0.284 e. The van der Waals surface area contributed by atoms with Crippen molar-refractivity contribution >= 4 is 12.2 Å². The minimum atomic E-state index is -0.568. The molecule has 1 aromatic rings. The molecule has 0 bridgehead atoms. The topological polar surface area (TPSA) is 46.2 Å². The largest absolute Gasteiger partial charge is 0.349 e. The second-order valence-electron chi connectivity index (χ2n) is 5.50. The van der Waals surface area contributed by atoms with E-state index in [1.54, 1.807) is 0 Å². The lowest BCUT2D eigenvalue weighted by molar-refractivity contribution is -0.131. The van der Waals surface area contributed by atoms with E-state index in [9.17, 15) is 9.59 Å². The molecule has 0 spiro atoms. The van der Waals surface area contributed by atoms with E-state index in [2.05, 4.69) is 43.4 Å². The average Bonchev–Trinajstić information content (AvgIpc) is 2.36. The van der Waals surface area contributed by atoms with Crippen LogP contribution in [0, 0.1) is 0 Å². The van der Waals surface area contributed by atoms with Crippen molar-refractivity contribution in [3.05, 3.63) is 35.4 Å². The maximum atomic E-state index is 11.0. The van der Waals surface area contributed by atoms with Crippen molar-refractivity contribution < 1.29 is 9.59 Å². The maximum absolute atomic E-state index is 11.0. The summed E-state index contributed by atoms with van der Waals surface area (Å²) in [5, 5.41) is 2.60. The molecule has 0 aliphatic heterocycles. The number of aldehydes is 1. The van der Waals surface area contributed by atoms with E-state index in [1.807, 2.05) is 13.8 Å². The van der Waals surface area contributed by atoms with Gasteiger partial charge in [0, 0.05) is 12.0 Å². The van der Waals surface area contributed by atoms with Gasteiger partial charge in [-0.2, -0.15) is 0 Å². The van der Waals surface area contributed by atoms with Gasteiger partial charge >= 0.3 is 0 Å². The third-order valence-corrected chi connectivity index (χ3v) is 3.17. The molecule has 0 radical (unpaired) electrons. The minimum Gasteiger partial charge on any atom is -0.349 e.